The number of aromatic amines is 1. The van der Waals surface area contributed by atoms with Crippen molar-refractivity contribution in [2.24, 2.45) is 0 Å². The summed E-state index contributed by atoms with van der Waals surface area (Å²) in [6.45, 7) is 2.12. The Morgan fingerprint density at radius 2 is 1.68 bits per heavy atom. The summed E-state index contributed by atoms with van der Waals surface area (Å²) < 4.78 is 1.01. The summed E-state index contributed by atoms with van der Waals surface area (Å²) >= 11 is 3.42. The summed E-state index contributed by atoms with van der Waals surface area (Å²) in [5, 5.41) is 9.34. The molecule has 0 amide bonds. The fourth-order valence-corrected chi connectivity index (χ4v) is 2.58. The molecule has 1 N–H and O–H groups in total. The maximum absolute atomic E-state index is 9.34. The lowest BCUT2D eigenvalue weighted by Crippen LogP contribution is -1.84. The number of nitriles is 1. The van der Waals surface area contributed by atoms with Crippen LogP contribution in [0.1, 0.15) is 18.2 Å². The molecule has 3 rings (SSSR count). The molecule has 3 nitrogen and oxygen atoms in total. The van der Waals surface area contributed by atoms with Gasteiger partial charge in [0.15, 0.2) is 5.69 Å². The van der Waals surface area contributed by atoms with Crippen LogP contribution in [-0.2, 0) is 6.42 Å². The summed E-state index contributed by atoms with van der Waals surface area (Å²) in [5.41, 5.74) is 4.39. The summed E-state index contributed by atoms with van der Waals surface area (Å²) in [6, 6.07) is 18.2. The molecule has 108 valence electrons. The molecular weight excluding hydrogens is 338 g/mol. The minimum absolute atomic E-state index is 0.419. The van der Waals surface area contributed by atoms with E-state index in [-0.39, 0.29) is 0 Å². The largest absolute Gasteiger partial charge is 0.337 e. The monoisotopic (exact) mass is 351 g/mol. The van der Waals surface area contributed by atoms with Crippen molar-refractivity contribution in [2.45, 2.75) is 13.3 Å². The van der Waals surface area contributed by atoms with Gasteiger partial charge in [-0.25, -0.2) is 4.98 Å². The minimum Gasteiger partial charge on any atom is -0.337 e. The van der Waals surface area contributed by atoms with Crippen LogP contribution in [0.4, 0.5) is 0 Å². The molecule has 1 aromatic heterocycles. The van der Waals surface area contributed by atoms with E-state index in [1.165, 1.54) is 5.56 Å². The summed E-state index contributed by atoms with van der Waals surface area (Å²) in [4.78, 5) is 7.69. The van der Waals surface area contributed by atoms with Crippen LogP contribution in [0.2, 0.25) is 0 Å². The molecule has 22 heavy (non-hydrogen) atoms. The molecular formula is C18H14BrN3. The lowest BCUT2D eigenvalue weighted by molar-refractivity contribution is 1.14. The topological polar surface area (TPSA) is 52.5 Å². The molecule has 0 radical (unpaired) electrons. The van der Waals surface area contributed by atoms with Crippen molar-refractivity contribution in [3.63, 3.8) is 0 Å². The Bertz CT molecular complexity index is 824. The van der Waals surface area contributed by atoms with Gasteiger partial charge in [-0.05, 0) is 24.1 Å². The van der Waals surface area contributed by atoms with Crippen molar-refractivity contribution < 1.29 is 0 Å². The highest BCUT2D eigenvalue weighted by molar-refractivity contribution is 9.10. The second-order valence-electron chi connectivity index (χ2n) is 4.98. The highest BCUT2D eigenvalue weighted by atomic mass is 79.9. The molecule has 0 bridgehead atoms. The number of halogens is 1. The quantitative estimate of drug-likeness (QED) is 0.726. The van der Waals surface area contributed by atoms with Gasteiger partial charge in [0.1, 0.15) is 11.9 Å². The maximum Gasteiger partial charge on any atom is 0.166 e. The van der Waals surface area contributed by atoms with E-state index in [1.54, 1.807) is 0 Å². The van der Waals surface area contributed by atoms with Crippen LogP contribution in [0.25, 0.3) is 22.6 Å². The number of aryl methyl sites for hydroxylation is 1. The van der Waals surface area contributed by atoms with E-state index in [0.29, 0.717) is 11.5 Å². The molecule has 0 spiro atoms. The van der Waals surface area contributed by atoms with Crippen LogP contribution in [0.3, 0.4) is 0 Å². The molecule has 0 aliphatic carbocycles. The van der Waals surface area contributed by atoms with Gasteiger partial charge in [0, 0.05) is 15.6 Å². The number of rotatable bonds is 3. The average Bonchev–Trinajstić information content (AvgIpc) is 3.00. The number of nitrogens with zero attached hydrogens (tertiary/aromatic N) is 2. The lowest BCUT2D eigenvalue weighted by atomic mass is 10.1. The van der Waals surface area contributed by atoms with Crippen LogP contribution >= 0.6 is 15.9 Å². The van der Waals surface area contributed by atoms with Crippen molar-refractivity contribution in [3.05, 3.63) is 64.3 Å². The van der Waals surface area contributed by atoms with Crippen LogP contribution in [0.5, 0.6) is 0 Å². The molecule has 0 fully saturated rings. The number of nitrogens with one attached hydrogen (secondary N) is 1. The fraction of sp³-hybridized carbons (Fsp3) is 0.111. The molecule has 0 unspecified atom stereocenters. The molecule has 0 aliphatic heterocycles. The molecule has 3 aromatic rings. The van der Waals surface area contributed by atoms with Crippen molar-refractivity contribution >= 4 is 15.9 Å². The predicted molar refractivity (Wildman–Crippen MR) is 91.3 cm³/mol. The lowest BCUT2D eigenvalue weighted by Gasteiger charge is -2.01. The number of hydrogen-bond donors (Lipinski definition) is 1. The molecule has 0 aliphatic rings. The van der Waals surface area contributed by atoms with E-state index in [9.17, 15) is 5.26 Å². The summed E-state index contributed by atoms with van der Waals surface area (Å²) in [6.07, 6.45) is 0.999. The number of aromatic nitrogens is 2. The minimum atomic E-state index is 0.419. The van der Waals surface area contributed by atoms with E-state index in [2.05, 4.69) is 51.0 Å². The average molecular weight is 352 g/mol. The summed E-state index contributed by atoms with van der Waals surface area (Å²) in [5.74, 6) is 0.707. The molecule has 4 heteroatoms. The van der Waals surface area contributed by atoms with Gasteiger partial charge in [-0.3, -0.25) is 0 Å². The smallest absolute Gasteiger partial charge is 0.166 e. The normalized spacial score (nSPS) is 10.4. The van der Waals surface area contributed by atoms with Crippen molar-refractivity contribution in [1.82, 2.24) is 9.97 Å². The van der Waals surface area contributed by atoms with Gasteiger partial charge in [0.2, 0.25) is 0 Å². The zero-order chi connectivity index (χ0) is 15.5. The Morgan fingerprint density at radius 1 is 1.05 bits per heavy atom. The van der Waals surface area contributed by atoms with E-state index in [0.717, 1.165) is 27.7 Å². The van der Waals surface area contributed by atoms with E-state index in [4.69, 9.17) is 0 Å². The third-order valence-corrected chi connectivity index (χ3v) is 4.11. The fourth-order valence-electron chi connectivity index (χ4n) is 2.31. The molecule has 0 saturated carbocycles. The van der Waals surface area contributed by atoms with E-state index >= 15 is 0 Å². The van der Waals surface area contributed by atoms with Gasteiger partial charge in [-0.15, -0.1) is 0 Å². The maximum atomic E-state index is 9.34. The first kappa shape index (κ1) is 14.6. The molecule has 0 atom stereocenters. The van der Waals surface area contributed by atoms with Gasteiger partial charge < -0.3 is 4.98 Å². The first-order chi connectivity index (χ1) is 10.7. The third kappa shape index (κ3) is 2.81. The Hall–Kier alpha value is -2.38. The Labute approximate surface area is 137 Å². The zero-order valence-electron chi connectivity index (χ0n) is 12.1. The Kier molecular flexibility index (Phi) is 4.08. The molecule has 2 aromatic carbocycles. The first-order valence-electron chi connectivity index (χ1n) is 7.06. The highest BCUT2D eigenvalue weighted by Gasteiger charge is 2.13. The summed E-state index contributed by atoms with van der Waals surface area (Å²) in [7, 11) is 0. The molecule has 1 heterocycles. The second kappa shape index (κ2) is 6.17. The van der Waals surface area contributed by atoms with Crippen LogP contribution in [-0.4, -0.2) is 9.97 Å². The van der Waals surface area contributed by atoms with Crippen molar-refractivity contribution in [1.29, 1.82) is 5.26 Å². The van der Waals surface area contributed by atoms with Crippen LogP contribution in [0.15, 0.2) is 53.0 Å². The third-order valence-electron chi connectivity index (χ3n) is 3.58. The van der Waals surface area contributed by atoms with Gasteiger partial charge in [0.25, 0.3) is 0 Å². The number of imidazole rings is 1. The predicted octanol–water partition coefficient (Wildman–Crippen LogP) is 4.94. The number of benzene rings is 2. The van der Waals surface area contributed by atoms with Gasteiger partial charge in [-0.2, -0.15) is 5.26 Å². The van der Waals surface area contributed by atoms with E-state index in [1.807, 2.05) is 36.4 Å². The van der Waals surface area contributed by atoms with Crippen LogP contribution < -0.4 is 0 Å². The van der Waals surface area contributed by atoms with E-state index < -0.39 is 0 Å². The Balaban J connectivity index is 2.04. The number of hydrogen-bond acceptors (Lipinski definition) is 2. The first-order valence-corrected chi connectivity index (χ1v) is 7.86. The molecule has 0 saturated heterocycles. The van der Waals surface area contributed by atoms with Crippen LogP contribution in [0, 0.1) is 11.3 Å². The standard InChI is InChI=1S/C18H14BrN3/c1-2-12-3-5-13(6-4-12)17-16(11-20)21-18(22-17)14-7-9-15(19)10-8-14/h3-10H,2H2,1H3,(H,21,22). The van der Waals surface area contributed by atoms with Gasteiger partial charge >= 0.3 is 0 Å². The van der Waals surface area contributed by atoms with Gasteiger partial charge in [-0.1, -0.05) is 59.3 Å². The Morgan fingerprint density at radius 3 is 2.27 bits per heavy atom. The van der Waals surface area contributed by atoms with Crippen molar-refractivity contribution in [2.75, 3.05) is 0 Å². The highest BCUT2D eigenvalue weighted by Crippen LogP contribution is 2.26. The van der Waals surface area contributed by atoms with Gasteiger partial charge in [0.05, 0.1) is 5.69 Å². The number of H-pyrrole nitrogens is 1. The second-order valence-corrected chi connectivity index (χ2v) is 5.89. The van der Waals surface area contributed by atoms with Crippen molar-refractivity contribution in [3.8, 4) is 28.7 Å². The SMILES string of the molecule is CCc1ccc(-c2[nH]c(-c3ccc(Br)cc3)nc2C#N)cc1. The zero-order valence-corrected chi connectivity index (χ0v) is 13.7.